The van der Waals surface area contributed by atoms with Crippen molar-refractivity contribution in [1.82, 2.24) is 9.88 Å². The van der Waals surface area contributed by atoms with E-state index in [-0.39, 0.29) is 11.3 Å². The van der Waals surface area contributed by atoms with Crippen LogP contribution in [-0.4, -0.2) is 27.3 Å². The zero-order valence-electron chi connectivity index (χ0n) is 15.7. The predicted octanol–water partition coefficient (Wildman–Crippen LogP) is 3.81. The maximum absolute atomic E-state index is 13.0. The average Bonchev–Trinajstić information content (AvgIpc) is 3.20. The van der Waals surface area contributed by atoms with Gasteiger partial charge in [0.25, 0.3) is 17.5 Å². The number of benzene rings is 2. The Labute approximate surface area is 183 Å². The van der Waals surface area contributed by atoms with Gasteiger partial charge in [-0.1, -0.05) is 15.9 Å². The number of amides is 4. The second-order valence-corrected chi connectivity index (χ2v) is 7.43. The summed E-state index contributed by atoms with van der Waals surface area (Å²) in [4.78, 5) is 49.0. The van der Waals surface area contributed by atoms with Crippen molar-refractivity contribution in [3.63, 3.8) is 0 Å². The molecule has 4 amide bonds. The molecule has 0 bridgehead atoms. The SMILES string of the molecule is O=C1NC(=O)N(c2ccc(Br)cc2)C(=O)C1=Cc1cccn1-c1ccc([N+](=O)[O-])cc1. The van der Waals surface area contributed by atoms with Gasteiger partial charge < -0.3 is 4.57 Å². The number of barbiturate groups is 1. The van der Waals surface area contributed by atoms with Gasteiger partial charge in [-0.25, -0.2) is 9.69 Å². The number of hydrogen-bond donors (Lipinski definition) is 1. The van der Waals surface area contributed by atoms with E-state index in [1.807, 2.05) is 0 Å². The van der Waals surface area contributed by atoms with Crippen molar-refractivity contribution < 1.29 is 19.3 Å². The zero-order chi connectivity index (χ0) is 22.1. The van der Waals surface area contributed by atoms with Crippen LogP contribution >= 0.6 is 15.9 Å². The molecule has 4 rings (SSSR count). The molecule has 0 radical (unpaired) electrons. The molecule has 0 spiro atoms. The molecule has 0 saturated carbocycles. The number of nitrogens with one attached hydrogen (secondary N) is 1. The Bertz CT molecular complexity index is 1250. The van der Waals surface area contributed by atoms with E-state index in [0.717, 1.165) is 9.37 Å². The molecule has 10 heteroatoms. The fourth-order valence-corrected chi connectivity index (χ4v) is 3.38. The summed E-state index contributed by atoms with van der Waals surface area (Å²) in [6.07, 6.45) is 3.06. The van der Waals surface area contributed by atoms with Crippen LogP contribution in [0, 0.1) is 10.1 Å². The van der Waals surface area contributed by atoms with Crippen molar-refractivity contribution in [2.75, 3.05) is 4.90 Å². The summed E-state index contributed by atoms with van der Waals surface area (Å²) in [5.74, 6) is -1.56. The lowest BCUT2D eigenvalue weighted by Gasteiger charge is -2.26. The van der Waals surface area contributed by atoms with Crippen molar-refractivity contribution in [2.45, 2.75) is 0 Å². The molecule has 154 valence electrons. The molecule has 1 aliphatic rings. The molecule has 2 heterocycles. The molecule has 2 aromatic carbocycles. The van der Waals surface area contributed by atoms with Crippen molar-refractivity contribution >= 4 is 51.2 Å². The van der Waals surface area contributed by atoms with E-state index >= 15 is 0 Å². The van der Waals surface area contributed by atoms with Crippen molar-refractivity contribution in [3.05, 3.63) is 92.7 Å². The molecule has 9 nitrogen and oxygen atoms in total. The molecule has 1 aromatic heterocycles. The Kier molecular flexibility index (Phi) is 5.22. The third-order valence-corrected chi connectivity index (χ3v) is 5.13. The van der Waals surface area contributed by atoms with E-state index in [9.17, 15) is 24.5 Å². The highest BCUT2D eigenvalue weighted by molar-refractivity contribution is 9.10. The molecule has 0 aliphatic carbocycles. The van der Waals surface area contributed by atoms with Gasteiger partial charge in [-0.2, -0.15) is 0 Å². The molecule has 1 N–H and O–H groups in total. The fraction of sp³-hybridized carbons (Fsp3) is 0. The number of aromatic nitrogens is 1. The van der Waals surface area contributed by atoms with Crippen LogP contribution in [0.5, 0.6) is 0 Å². The number of imide groups is 2. The topological polar surface area (TPSA) is 115 Å². The van der Waals surface area contributed by atoms with Gasteiger partial charge in [-0.3, -0.25) is 25.0 Å². The van der Waals surface area contributed by atoms with Gasteiger partial charge in [0.2, 0.25) is 0 Å². The van der Waals surface area contributed by atoms with Gasteiger partial charge in [-0.15, -0.1) is 0 Å². The van der Waals surface area contributed by atoms with Crippen LogP contribution < -0.4 is 10.2 Å². The van der Waals surface area contributed by atoms with Gasteiger partial charge in [0.05, 0.1) is 10.6 Å². The zero-order valence-corrected chi connectivity index (χ0v) is 17.3. The number of rotatable bonds is 4. The Balaban J connectivity index is 1.71. The molecule has 31 heavy (non-hydrogen) atoms. The van der Waals surface area contributed by atoms with E-state index in [1.54, 1.807) is 59.3 Å². The third kappa shape index (κ3) is 3.88. The molecule has 1 fully saturated rings. The summed E-state index contributed by atoms with van der Waals surface area (Å²) in [5.41, 5.74) is 1.13. The summed E-state index contributed by atoms with van der Waals surface area (Å²) in [7, 11) is 0. The molecule has 1 saturated heterocycles. The maximum Gasteiger partial charge on any atom is 0.335 e. The van der Waals surface area contributed by atoms with Crippen LogP contribution in [0.4, 0.5) is 16.2 Å². The first kappa shape index (κ1) is 20.2. The first-order chi connectivity index (χ1) is 14.8. The number of nitrogens with zero attached hydrogens (tertiary/aromatic N) is 3. The minimum atomic E-state index is -0.833. The number of non-ortho nitro benzene ring substituents is 1. The maximum atomic E-state index is 13.0. The van der Waals surface area contributed by atoms with E-state index in [4.69, 9.17) is 0 Å². The first-order valence-electron chi connectivity index (χ1n) is 8.94. The normalized spacial score (nSPS) is 15.3. The lowest BCUT2D eigenvalue weighted by atomic mass is 10.1. The summed E-state index contributed by atoms with van der Waals surface area (Å²) in [6, 6.07) is 14.9. The van der Waals surface area contributed by atoms with Crippen molar-refractivity contribution in [2.24, 2.45) is 0 Å². The summed E-state index contributed by atoms with van der Waals surface area (Å²) in [5, 5.41) is 13.0. The van der Waals surface area contributed by atoms with Crippen molar-refractivity contribution in [1.29, 1.82) is 0 Å². The summed E-state index contributed by atoms with van der Waals surface area (Å²) >= 11 is 3.29. The highest BCUT2D eigenvalue weighted by Crippen LogP contribution is 2.25. The van der Waals surface area contributed by atoms with Crippen LogP contribution in [-0.2, 0) is 9.59 Å². The first-order valence-corrected chi connectivity index (χ1v) is 9.73. The molecule has 0 atom stereocenters. The van der Waals surface area contributed by atoms with Crippen LogP contribution in [0.15, 0.2) is 76.9 Å². The Morgan fingerprint density at radius 1 is 0.935 bits per heavy atom. The number of hydrogen-bond acceptors (Lipinski definition) is 5. The predicted molar refractivity (Wildman–Crippen MR) is 116 cm³/mol. The smallest absolute Gasteiger partial charge is 0.317 e. The fourth-order valence-electron chi connectivity index (χ4n) is 3.11. The van der Waals surface area contributed by atoms with Gasteiger partial charge in [0, 0.05) is 34.2 Å². The van der Waals surface area contributed by atoms with Gasteiger partial charge in [-0.05, 0) is 54.6 Å². The number of anilines is 1. The second kappa shape index (κ2) is 8.00. The molecular formula is C21H13BrN4O5. The van der Waals surface area contributed by atoms with Gasteiger partial charge in [0.1, 0.15) is 5.57 Å². The molecule has 1 aliphatic heterocycles. The molecular weight excluding hydrogens is 468 g/mol. The van der Waals surface area contributed by atoms with E-state index in [2.05, 4.69) is 21.2 Å². The van der Waals surface area contributed by atoms with Crippen LogP contribution in [0.2, 0.25) is 0 Å². The Morgan fingerprint density at radius 3 is 2.23 bits per heavy atom. The highest BCUT2D eigenvalue weighted by atomic mass is 79.9. The van der Waals surface area contributed by atoms with E-state index in [1.165, 1.54) is 18.2 Å². The monoisotopic (exact) mass is 480 g/mol. The largest absolute Gasteiger partial charge is 0.335 e. The van der Waals surface area contributed by atoms with Crippen molar-refractivity contribution in [3.8, 4) is 5.69 Å². The lowest BCUT2D eigenvalue weighted by molar-refractivity contribution is -0.384. The summed E-state index contributed by atoms with van der Waals surface area (Å²) < 4.78 is 2.44. The minimum absolute atomic E-state index is 0.0544. The quantitative estimate of drug-likeness (QED) is 0.264. The number of carbonyl (C=O) groups excluding carboxylic acids is 3. The average molecular weight is 481 g/mol. The van der Waals surface area contributed by atoms with Crippen LogP contribution in [0.1, 0.15) is 5.69 Å². The third-order valence-electron chi connectivity index (χ3n) is 4.60. The molecule has 0 unspecified atom stereocenters. The van der Waals surface area contributed by atoms with E-state index < -0.39 is 22.8 Å². The number of carbonyl (C=O) groups is 3. The van der Waals surface area contributed by atoms with Crippen LogP contribution in [0.3, 0.4) is 0 Å². The highest BCUT2D eigenvalue weighted by Gasteiger charge is 2.37. The second-order valence-electron chi connectivity index (χ2n) is 6.51. The number of halogens is 1. The van der Waals surface area contributed by atoms with Crippen LogP contribution in [0.25, 0.3) is 11.8 Å². The van der Waals surface area contributed by atoms with Gasteiger partial charge in [0.15, 0.2) is 0 Å². The standard InChI is InChI=1S/C21H13BrN4O5/c22-13-3-5-15(6-4-13)25-20(28)18(19(27)23-21(25)29)12-17-2-1-11-24(17)14-7-9-16(10-8-14)26(30)31/h1-12H,(H,23,27,29). The lowest BCUT2D eigenvalue weighted by Crippen LogP contribution is -2.54. The Morgan fingerprint density at radius 2 is 1.58 bits per heavy atom. The number of nitro benzene ring substituents is 1. The minimum Gasteiger partial charge on any atom is -0.317 e. The Hall–Kier alpha value is -4.05. The van der Waals surface area contributed by atoms with Gasteiger partial charge >= 0.3 is 6.03 Å². The van der Waals surface area contributed by atoms with E-state index in [0.29, 0.717) is 17.1 Å². The number of nitro groups is 1. The molecule has 3 aromatic rings. The number of urea groups is 1. The summed E-state index contributed by atoms with van der Waals surface area (Å²) in [6.45, 7) is 0.